The molecule has 0 saturated carbocycles. The van der Waals surface area contributed by atoms with E-state index in [1.165, 1.54) is 4.90 Å². The fraction of sp³-hybridized carbons (Fsp3) is 0.417. The average Bonchev–Trinajstić information content (AvgIpc) is 2.37. The van der Waals surface area contributed by atoms with E-state index in [1.54, 1.807) is 11.8 Å². The minimum atomic E-state index is -0.467. The minimum absolute atomic E-state index is 0.0126. The van der Waals surface area contributed by atoms with E-state index < -0.39 is 6.09 Å². The van der Waals surface area contributed by atoms with Gasteiger partial charge in [-0.25, -0.2) is 4.79 Å². The number of ether oxygens (including phenoxy) is 1. The Morgan fingerprint density at radius 2 is 2.35 bits per heavy atom. The molecular weight excluding hydrogens is 238 g/mol. The van der Waals surface area contributed by atoms with Crippen LogP contribution in [-0.2, 0) is 4.74 Å². The van der Waals surface area contributed by atoms with Crippen molar-refractivity contribution in [3.05, 3.63) is 29.8 Å². The van der Waals surface area contributed by atoms with Crippen LogP contribution in [0.5, 0.6) is 0 Å². The molecule has 0 aliphatic carbocycles. The number of benzene rings is 1. The first-order chi connectivity index (χ1) is 8.31. The molecular formula is C12H15NO3S. The molecule has 0 bridgehead atoms. The lowest BCUT2D eigenvalue weighted by Gasteiger charge is -2.25. The zero-order chi connectivity index (χ0) is 12.1. The Labute approximate surface area is 104 Å². The predicted molar refractivity (Wildman–Crippen MR) is 66.1 cm³/mol. The maximum atomic E-state index is 11.4. The van der Waals surface area contributed by atoms with Gasteiger partial charge < -0.3 is 15.2 Å². The third-order valence-electron chi connectivity index (χ3n) is 2.58. The molecule has 1 aromatic rings. The second kappa shape index (κ2) is 5.93. The van der Waals surface area contributed by atoms with E-state index in [0.29, 0.717) is 0 Å². The molecule has 0 aromatic heterocycles. The third-order valence-corrected chi connectivity index (χ3v) is 3.70. The van der Waals surface area contributed by atoms with Gasteiger partial charge in [0, 0.05) is 10.6 Å². The summed E-state index contributed by atoms with van der Waals surface area (Å²) in [5, 5.41) is 11.4. The molecule has 1 amide bonds. The first-order valence-corrected chi connectivity index (χ1v) is 6.55. The second-order valence-electron chi connectivity index (χ2n) is 3.73. The highest BCUT2D eigenvalue weighted by Crippen LogP contribution is 2.35. The van der Waals surface area contributed by atoms with Gasteiger partial charge in [0.25, 0.3) is 0 Å². The van der Waals surface area contributed by atoms with Crippen LogP contribution in [0, 0.1) is 0 Å². The molecule has 2 rings (SSSR count). The summed E-state index contributed by atoms with van der Waals surface area (Å²) < 4.78 is 4.80. The summed E-state index contributed by atoms with van der Waals surface area (Å²) >= 11 is 1.81. The van der Waals surface area contributed by atoms with Crippen LogP contribution in [-0.4, -0.2) is 30.2 Å². The van der Waals surface area contributed by atoms with Crippen molar-refractivity contribution in [3.63, 3.8) is 0 Å². The molecule has 0 radical (unpaired) electrons. The lowest BCUT2D eigenvalue weighted by Crippen LogP contribution is -2.31. The van der Waals surface area contributed by atoms with Crippen LogP contribution in [0.3, 0.4) is 0 Å². The van der Waals surface area contributed by atoms with Gasteiger partial charge in [-0.05, 0) is 18.1 Å². The molecule has 1 aliphatic heterocycles. The van der Waals surface area contributed by atoms with Crippen LogP contribution in [0.2, 0.25) is 0 Å². The lowest BCUT2D eigenvalue weighted by atomic mass is 10.0. The Morgan fingerprint density at radius 1 is 1.53 bits per heavy atom. The van der Waals surface area contributed by atoms with Gasteiger partial charge in [-0.15, -0.1) is 11.8 Å². The fourth-order valence-corrected chi connectivity index (χ4v) is 2.94. The quantitative estimate of drug-likeness (QED) is 0.864. The van der Waals surface area contributed by atoms with E-state index in [-0.39, 0.29) is 19.3 Å². The van der Waals surface area contributed by atoms with Gasteiger partial charge in [-0.2, -0.15) is 0 Å². The summed E-state index contributed by atoms with van der Waals surface area (Å²) in [6.45, 7) is -0.112. The number of rotatable bonds is 3. The molecule has 0 fully saturated rings. The number of fused-ring (bicyclic) bond motifs is 1. The number of aliphatic hydroxyl groups is 1. The van der Waals surface area contributed by atoms with Crippen molar-refractivity contribution in [3.8, 4) is 0 Å². The smallest absolute Gasteiger partial charge is 0.407 e. The second-order valence-corrected chi connectivity index (χ2v) is 4.87. The number of thioether (sulfide) groups is 1. The van der Waals surface area contributed by atoms with E-state index in [9.17, 15) is 4.79 Å². The molecule has 1 heterocycles. The zero-order valence-corrected chi connectivity index (χ0v) is 10.2. The summed E-state index contributed by atoms with van der Waals surface area (Å²) in [6, 6.07) is 8.07. The summed E-state index contributed by atoms with van der Waals surface area (Å²) in [7, 11) is 0. The molecule has 1 aromatic carbocycles. The van der Waals surface area contributed by atoms with E-state index in [4.69, 9.17) is 9.84 Å². The number of amides is 1. The number of carbonyl (C=O) groups excluding carboxylic acids is 1. The van der Waals surface area contributed by atoms with Gasteiger partial charge in [0.15, 0.2) is 0 Å². The Balaban J connectivity index is 2.01. The maximum absolute atomic E-state index is 11.4. The van der Waals surface area contributed by atoms with E-state index in [0.717, 1.165) is 17.7 Å². The van der Waals surface area contributed by atoms with Crippen LogP contribution in [0.25, 0.3) is 0 Å². The molecule has 2 N–H and O–H groups in total. The number of carbonyl (C=O) groups is 1. The summed E-state index contributed by atoms with van der Waals surface area (Å²) in [5.41, 5.74) is 1.14. The Kier molecular flexibility index (Phi) is 4.28. The normalized spacial score (nSPS) is 18.3. The van der Waals surface area contributed by atoms with Crippen LogP contribution in [0.4, 0.5) is 4.79 Å². The summed E-state index contributed by atoms with van der Waals surface area (Å²) in [6.07, 6.45) is 0.432. The molecule has 1 atom stereocenters. The highest BCUT2D eigenvalue weighted by Gasteiger charge is 2.22. The SMILES string of the molecule is O=C(NC1CCSc2ccccc21)OCCO. The highest BCUT2D eigenvalue weighted by atomic mass is 32.2. The van der Waals surface area contributed by atoms with Crippen LogP contribution in [0.15, 0.2) is 29.2 Å². The number of alkyl carbamates (subject to hydrolysis) is 1. The number of nitrogens with one attached hydrogen (secondary N) is 1. The summed E-state index contributed by atoms with van der Waals surface area (Å²) in [5.74, 6) is 0.988. The number of aliphatic hydroxyl groups excluding tert-OH is 1. The molecule has 1 aliphatic rings. The fourth-order valence-electron chi connectivity index (χ4n) is 1.81. The van der Waals surface area contributed by atoms with Crippen molar-refractivity contribution in [2.45, 2.75) is 17.4 Å². The van der Waals surface area contributed by atoms with Crippen LogP contribution >= 0.6 is 11.8 Å². The van der Waals surface area contributed by atoms with E-state index in [1.807, 2.05) is 18.2 Å². The number of hydrogen-bond donors (Lipinski definition) is 2. The summed E-state index contributed by atoms with van der Waals surface area (Å²) in [4.78, 5) is 12.6. The highest BCUT2D eigenvalue weighted by molar-refractivity contribution is 7.99. The largest absolute Gasteiger partial charge is 0.447 e. The third kappa shape index (κ3) is 3.14. The molecule has 0 spiro atoms. The van der Waals surface area contributed by atoms with Crippen molar-refractivity contribution < 1.29 is 14.6 Å². The zero-order valence-electron chi connectivity index (χ0n) is 9.39. The molecule has 0 saturated heterocycles. The van der Waals surface area contributed by atoms with Crippen molar-refractivity contribution in [2.75, 3.05) is 19.0 Å². The van der Waals surface area contributed by atoms with Crippen LogP contribution < -0.4 is 5.32 Å². The Morgan fingerprint density at radius 3 is 3.18 bits per heavy atom. The van der Waals surface area contributed by atoms with Gasteiger partial charge in [0.2, 0.25) is 0 Å². The molecule has 92 valence electrons. The standard InChI is InChI=1S/C12H15NO3S/c14-6-7-16-12(15)13-10-5-8-17-11-4-2-1-3-9(10)11/h1-4,10,14H,5-8H2,(H,13,15). The topological polar surface area (TPSA) is 58.6 Å². The van der Waals surface area contributed by atoms with Crippen molar-refractivity contribution in [1.82, 2.24) is 5.32 Å². The Hall–Kier alpha value is -1.20. The van der Waals surface area contributed by atoms with Crippen molar-refractivity contribution in [2.24, 2.45) is 0 Å². The molecule has 4 nitrogen and oxygen atoms in total. The van der Waals surface area contributed by atoms with Gasteiger partial charge in [0.05, 0.1) is 12.6 Å². The van der Waals surface area contributed by atoms with Gasteiger partial charge in [-0.1, -0.05) is 18.2 Å². The molecule has 17 heavy (non-hydrogen) atoms. The van der Waals surface area contributed by atoms with Crippen molar-refractivity contribution in [1.29, 1.82) is 0 Å². The van der Waals surface area contributed by atoms with E-state index >= 15 is 0 Å². The molecule has 1 unspecified atom stereocenters. The van der Waals surface area contributed by atoms with Crippen LogP contribution in [0.1, 0.15) is 18.0 Å². The van der Waals surface area contributed by atoms with Gasteiger partial charge in [-0.3, -0.25) is 0 Å². The lowest BCUT2D eigenvalue weighted by molar-refractivity contribution is 0.116. The Bertz CT molecular complexity index is 397. The first-order valence-electron chi connectivity index (χ1n) is 5.57. The number of hydrogen-bond acceptors (Lipinski definition) is 4. The van der Waals surface area contributed by atoms with Gasteiger partial charge >= 0.3 is 6.09 Å². The molecule has 5 heteroatoms. The minimum Gasteiger partial charge on any atom is -0.447 e. The van der Waals surface area contributed by atoms with Crippen molar-refractivity contribution >= 4 is 17.9 Å². The maximum Gasteiger partial charge on any atom is 0.407 e. The first kappa shape index (κ1) is 12.3. The van der Waals surface area contributed by atoms with E-state index in [2.05, 4.69) is 11.4 Å². The average molecular weight is 253 g/mol. The van der Waals surface area contributed by atoms with Gasteiger partial charge in [0.1, 0.15) is 6.61 Å². The predicted octanol–water partition coefficient (Wildman–Crippen LogP) is 1.94. The monoisotopic (exact) mass is 253 g/mol.